The highest BCUT2D eigenvalue weighted by Gasteiger charge is 2.34. The quantitative estimate of drug-likeness (QED) is 0.647. The first-order valence-corrected chi connectivity index (χ1v) is 4.38. The minimum Gasteiger partial charge on any atom is -0.473 e. The molecule has 3 nitrogen and oxygen atoms in total. The summed E-state index contributed by atoms with van der Waals surface area (Å²) in [6.45, 7) is 0.836. The molecule has 1 N–H and O–H groups in total. The van der Waals surface area contributed by atoms with Crippen LogP contribution < -0.4 is 10.1 Å². The zero-order valence-electron chi connectivity index (χ0n) is 6.96. The van der Waals surface area contributed by atoms with Crippen molar-refractivity contribution in [1.82, 2.24) is 10.3 Å². The Kier molecular flexibility index (Phi) is 1.35. The molecule has 1 saturated heterocycles. The average molecular weight is 180 g/mol. The summed E-state index contributed by atoms with van der Waals surface area (Å²) >= 11 is 0. The van der Waals surface area contributed by atoms with Crippen LogP contribution in [0.2, 0.25) is 0 Å². The van der Waals surface area contributed by atoms with Crippen LogP contribution in [0.5, 0.6) is 5.88 Å². The van der Waals surface area contributed by atoms with Gasteiger partial charge in [-0.15, -0.1) is 0 Å². The lowest BCUT2D eigenvalue weighted by Gasteiger charge is -2.21. The van der Waals surface area contributed by atoms with Gasteiger partial charge in [0.2, 0.25) is 5.88 Å². The molecule has 0 aliphatic carbocycles. The van der Waals surface area contributed by atoms with E-state index in [9.17, 15) is 4.39 Å². The van der Waals surface area contributed by atoms with Crippen LogP contribution in [-0.4, -0.2) is 17.6 Å². The van der Waals surface area contributed by atoms with E-state index in [1.54, 1.807) is 0 Å². The highest BCUT2D eigenvalue weighted by atomic mass is 19.1. The Balaban J connectivity index is 2.12. The van der Waals surface area contributed by atoms with E-state index < -0.39 is 0 Å². The van der Waals surface area contributed by atoms with Crippen LogP contribution in [0, 0.1) is 5.82 Å². The molecule has 3 rings (SSSR count). The Labute approximate surface area is 74.9 Å². The molecule has 0 saturated carbocycles. The largest absolute Gasteiger partial charge is 0.473 e. The summed E-state index contributed by atoms with van der Waals surface area (Å²) in [4.78, 5) is 3.92. The third kappa shape index (κ3) is 1.02. The molecule has 0 unspecified atom stereocenters. The highest BCUT2D eigenvalue weighted by molar-refractivity contribution is 5.33. The molecule has 3 heterocycles. The van der Waals surface area contributed by atoms with E-state index in [-0.39, 0.29) is 18.0 Å². The van der Waals surface area contributed by atoms with Crippen molar-refractivity contribution in [2.75, 3.05) is 6.54 Å². The van der Waals surface area contributed by atoms with Crippen molar-refractivity contribution in [3.05, 3.63) is 23.6 Å². The van der Waals surface area contributed by atoms with E-state index >= 15 is 0 Å². The average Bonchev–Trinajstić information content (AvgIpc) is 2.51. The van der Waals surface area contributed by atoms with Gasteiger partial charge in [0.05, 0.1) is 6.20 Å². The Hall–Kier alpha value is -1.16. The summed E-state index contributed by atoms with van der Waals surface area (Å²) in [5.74, 6) is 0.294. The molecule has 0 aromatic carbocycles. The molecule has 1 aromatic heterocycles. The molecule has 68 valence electrons. The summed E-state index contributed by atoms with van der Waals surface area (Å²) in [5, 5.41) is 3.27. The van der Waals surface area contributed by atoms with Gasteiger partial charge >= 0.3 is 0 Å². The fraction of sp³-hybridized carbons (Fsp3) is 0.444. The summed E-state index contributed by atoms with van der Waals surface area (Å²) in [6.07, 6.45) is 2.34. The topological polar surface area (TPSA) is 34.2 Å². The lowest BCUT2D eigenvalue weighted by Crippen LogP contribution is -2.20. The van der Waals surface area contributed by atoms with E-state index in [4.69, 9.17) is 4.74 Å². The Morgan fingerprint density at radius 1 is 1.62 bits per heavy atom. The Morgan fingerprint density at radius 3 is 3.46 bits per heavy atom. The third-order valence-corrected chi connectivity index (χ3v) is 2.59. The van der Waals surface area contributed by atoms with Gasteiger partial charge in [-0.25, -0.2) is 9.37 Å². The molecule has 1 fully saturated rings. The molecular weight excluding hydrogens is 171 g/mol. The minimum atomic E-state index is -0.297. The first-order valence-electron chi connectivity index (χ1n) is 4.38. The van der Waals surface area contributed by atoms with Crippen LogP contribution in [0.25, 0.3) is 0 Å². The Morgan fingerprint density at radius 2 is 2.54 bits per heavy atom. The maximum absolute atomic E-state index is 12.9. The maximum atomic E-state index is 12.9. The van der Waals surface area contributed by atoms with Crippen molar-refractivity contribution in [2.24, 2.45) is 0 Å². The van der Waals surface area contributed by atoms with Gasteiger partial charge in [-0.2, -0.15) is 0 Å². The Bertz CT molecular complexity index is 355. The van der Waals surface area contributed by atoms with E-state index in [0.717, 1.165) is 18.5 Å². The second-order valence-corrected chi connectivity index (χ2v) is 3.48. The fourth-order valence-electron chi connectivity index (χ4n) is 1.98. The summed E-state index contributed by atoms with van der Waals surface area (Å²) in [7, 11) is 0. The van der Waals surface area contributed by atoms with Crippen molar-refractivity contribution in [3.63, 3.8) is 0 Å². The number of halogens is 1. The second-order valence-electron chi connectivity index (χ2n) is 3.48. The van der Waals surface area contributed by atoms with Gasteiger partial charge < -0.3 is 10.1 Å². The maximum Gasteiger partial charge on any atom is 0.218 e. The predicted molar refractivity (Wildman–Crippen MR) is 44.0 cm³/mol. The van der Waals surface area contributed by atoms with Gasteiger partial charge in [-0.05, 0) is 6.07 Å². The first-order chi connectivity index (χ1) is 6.33. The van der Waals surface area contributed by atoms with Crippen molar-refractivity contribution in [1.29, 1.82) is 0 Å². The highest BCUT2D eigenvalue weighted by Crippen LogP contribution is 2.36. The van der Waals surface area contributed by atoms with E-state index in [1.807, 2.05) is 0 Å². The van der Waals surface area contributed by atoms with Crippen LogP contribution in [0.3, 0.4) is 0 Å². The normalized spacial score (nSPS) is 29.6. The molecule has 2 aliphatic heterocycles. The van der Waals surface area contributed by atoms with Crippen LogP contribution in [0.1, 0.15) is 18.0 Å². The van der Waals surface area contributed by atoms with Crippen molar-refractivity contribution in [2.45, 2.75) is 18.6 Å². The molecule has 2 aliphatic rings. The zero-order chi connectivity index (χ0) is 8.84. The molecule has 13 heavy (non-hydrogen) atoms. The molecule has 0 amide bonds. The number of hydrogen-bond donors (Lipinski definition) is 1. The van der Waals surface area contributed by atoms with Gasteiger partial charge in [0.15, 0.2) is 0 Å². The van der Waals surface area contributed by atoms with Gasteiger partial charge in [0.1, 0.15) is 11.9 Å². The molecule has 4 heteroatoms. The number of nitrogens with one attached hydrogen (secondary N) is 1. The van der Waals surface area contributed by atoms with Gasteiger partial charge in [-0.3, -0.25) is 0 Å². The smallest absolute Gasteiger partial charge is 0.218 e. The van der Waals surface area contributed by atoms with Crippen molar-refractivity contribution < 1.29 is 9.13 Å². The molecule has 0 radical (unpaired) electrons. The predicted octanol–water partition coefficient (Wildman–Crippen LogP) is 1.02. The molecule has 2 bridgehead atoms. The van der Waals surface area contributed by atoms with E-state index in [0.29, 0.717) is 5.88 Å². The molecule has 1 aromatic rings. The lowest BCUT2D eigenvalue weighted by molar-refractivity contribution is 0.194. The van der Waals surface area contributed by atoms with E-state index in [1.165, 1.54) is 12.3 Å². The molecular formula is C9H9FN2O. The van der Waals surface area contributed by atoms with Crippen LogP contribution in [-0.2, 0) is 0 Å². The number of fused-ring (bicyclic) bond motifs is 4. The van der Waals surface area contributed by atoms with Gasteiger partial charge in [0, 0.05) is 24.6 Å². The van der Waals surface area contributed by atoms with Crippen LogP contribution in [0.4, 0.5) is 4.39 Å². The second kappa shape index (κ2) is 2.42. The fourth-order valence-corrected chi connectivity index (χ4v) is 1.98. The molecule has 2 atom stereocenters. The summed E-state index contributed by atoms with van der Waals surface area (Å²) in [5.41, 5.74) is 0.855. The van der Waals surface area contributed by atoms with Crippen LogP contribution in [0.15, 0.2) is 12.3 Å². The van der Waals surface area contributed by atoms with Crippen LogP contribution >= 0.6 is 0 Å². The number of hydrogen-bond acceptors (Lipinski definition) is 3. The SMILES string of the molecule is Fc1cnc2c(c1)[C@@H]1C[C@@H](CN1)O2. The number of aromatic nitrogens is 1. The number of ether oxygens (including phenoxy) is 1. The monoisotopic (exact) mass is 180 g/mol. The third-order valence-electron chi connectivity index (χ3n) is 2.59. The zero-order valence-corrected chi connectivity index (χ0v) is 6.96. The standard InChI is InChI=1S/C9H9FN2O/c10-5-1-7-8-2-6(4-11-8)13-9(7)12-3-5/h1,3,6,8,11H,2,4H2/t6-,8-/m0/s1. The summed E-state index contributed by atoms with van der Waals surface area (Å²) < 4.78 is 18.4. The first kappa shape index (κ1) is 7.26. The number of nitrogens with zero attached hydrogens (tertiary/aromatic N) is 1. The van der Waals surface area contributed by atoms with Gasteiger partial charge in [-0.1, -0.05) is 0 Å². The number of rotatable bonds is 0. The van der Waals surface area contributed by atoms with Crippen molar-refractivity contribution in [3.8, 4) is 5.88 Å². The van der Waals surface area contributed by atoms with E-state index in [2.05, 4.69) is 10.3 Å². The number of pyridine rings is 1. The minimum absolute atomic E-state index is 0.218. The molecule has 0 spiro atoms. The van der Waals surface area contributed by atoms with Crippen molar-refractivity contribution >= 4 is 0 Å². The van der Waals surface area contributed by atoms with Gasteiger partial charge in [0.25, 0.3) is 0 Å². The lowest BCUT2D eigenvalue weighted by atomic mass is 10.0. The summed E-state index contributed by atoms with van der Waals surface area (Å²) in [6, 6.07) is 1.73.